The Labute approximate surface area is 93.4 Å². The number of hydrogen-bond donors (Lipinski definition) is 1. The van der Waals surface area contributed by atoms with Crippen LogP contribution in [0.5, 0.6) is 0 Å². The maximum atomic E-state index is 13.7. The van der Waals surface area contributed by atoms with Gasteiger partial charge in [0.05, 0.1) is 13.2 Å². The fourth-order valence-corrected chi connectivity index (χ4v) is 2.13. The van der Waals surface area contributed by atoms with Crippen molar-refractivity contribution < 1.29 is 13.5 Å². The summed E-state index contributed by atoms with van der Waals surface area (Å²) in [5, 5.41) is 0. The summed E-state index contributed by atoms with van der Waals surface area (Å²) in [5.74, 6) is -0.767. The molecule has 1 aromatic carbocycles. The van der Waals surface area contributed by atoms with Gasteiger partial charge in [0.2, 0.25) is 0 Å². The van der Waals surface area contributed by atoms with Crippen molar-refractivity contribution in [3.8, 4) is 0 Å². The van der Waals surface area contributed by atoms with Crippen molar-refractivity contribution in [3.05, 3.63) is 35.4 Å². The van der Waals surface area contributed by atoms with Crippen LogP contribution in [0.15, 0.2) is 18.2 Å². The second kappa shape index (κ2) is 4.47. The van der Waals surface area contributed by atoms with Crippen LogP contribution in [0.25, 0.3) is 0 Å². The third-order valence-corrected chi connectivity index (χ3v) is 3.12. The molecule has 0 bridgehead atoms. The molecular formula is C12H15F2NO. The SMILES string of the molecule is NCCCC1(c2cc(F)ccc2F)COC1. The van der Waals surface area contributed by atoms with Gasteiger partial charge in [0.1, 0.15) is 11.6 Å². The molecule has 2 N–H and O–H groups in total. The number of benzene rings is 1. The van der Waals surface area contributed by atoms with Crippen molar-refractivity contribution in [3.63, 3.8) is 0 Å². The summed E-state index contributed by atoms with van der Waals surface area (Å²) in [6.45, 7) is 1.46. The lowest BCUT2D eigenvalue weighted by Gasteiger charge is -2.42. The molecule has 1 aliphatic rings. The topological polar surface area (TPSA) is 35.2 Å². The average molecular weight is 227 g/mol. The molecule has 0 amide bonds. The number of rotatable bonds is 4. The minimum atomic E-state index is -0.407. The zero-order chi connectivity index (χ0) is 11.6. The minimum Gasteiger partial charge on any atom is -0.379 e. The highest BCUT2D eigenvalue weighted by Gasteiger charge is 2.41. The van der Waals surface area contributed by atoms with Crippen LogP contribution >= 0.6 is 0 Å². The van der Waals surface area contributed by atoms with E-state index in [1.54, 1.807) is 0 Å². The molecule has 0 unspecified atom stereocenters. The Kier molecular flexibility index (Phi) is 3.21. The first-order valence-corrected chi connectivity index (χ1v) is 5.41. The Balaban J connectivity index is 2.28. The molecule has 1 aromatic rings. The molecule has 2 nitrogen and oxygen atoms in total. The van der Waals surface area contributed by atoms with Crippen molar-refractivity contribution in [1.82, 2.24) is 0 Å². The first-order chi connectivity index (χ1) is 7.68. The Morgan fingerprint density at radius 3 is 2.62 bits per heavy atom. The third-order valence-electron chi connectivity index (χ3n) is 3.12. The number of ether oxygens (including phenoxy) is 1. The van der Waals surface area contributed by atoms with Gasteiger partial charge < -0.3 is 10.5 Å². The van der Waals surface area contributed by atoms with Crippen molar-refractivity contribution >= 4 is 0 Å². The highest BCUT2D eigenvalue weighted by Crippen LogP contribution is 2.38. The van der Waals surface area contributed by atoms with Gasteiger partial charge in [-0.25, -0.2) is 8.78 Å². The second-order valence-corrected chi connectivity index (χ2v) is 4.29. The fraction of sp³-hybridized carbons (Fsp3) is 0.500. The zero-order valence-corrected chi connectivity index (χ0v) is 9.01. The summed E-state index contributed by atoms with van der Waals surface area (Å²) in [5.41, 5.74) is 5.51. The Hall–Kier alpha value is -1.00. The summed E-state index contributed by atoms with van der Waals surface area (Å²) in [4.78, 5) is 0. The Bertz CT molecular complexity index is 377. The van der Waals surface area contributed by atoms with E-state index in [9.17, 15) is 8.78 Å². The highest BCUT2D eigenvalue weighted by molar-refractivity contribution is 5.30. The fourth-order valence-electron chi connectivity index (χ4n) is 2.13. The van der Waals surface area contributed by atoms with Gasteiger partial charge in [-0.15, -0.1) is 0 Å². The van der Waals surface area contributed by atoms with Crippen LogP contribution in [0.2, 0.25) is 0 Å². The summed E-state index contributed by atoms with van der Waals surface area (Å²) in [6.07, 6.45) is 1.53. The third kappa shape index (κ3) is 1.95. The van der Waals surface area contributed by atoms with Crippen LogP contribution in [0.3, 0.4) is 0 Å². The molecule has 1 heterocycles. The van der Waals surface area contributed by atoms with E-state index in [0.29, 0.717) is 25.3 Å². The van der Waals surface area contributed by atoms with Crippen LogP contribution in [-0.4, -0.2) is 19.8 Å². The Morgan fingerprint density at radius 2 is 2.06 bits per heavy atom. The smallest absolute Gasteiger partial charge is 0.127 e. The molecule has 0 saturated carbocycles. The molecule has 88 valence electrons. The van der Waals surface area contributed by atoms with Crippen LogP contribution in [0.4, 0.5) is 8.78 Å². The van der Waals surface area contributed by atoms with Gasteiger partial charge in [-0.05, 0) is 37.6 Å². The lowest BCUT2D eigenvalue weighted by atomic mass is 9.74. The molecule has 1 fully saturated rings. The Morgan fingerprint density at radius 1 is 1.31 bits per heavy atom. The van der Waals surface area contributed by atoms with E-state index >= 15 is 0 Å². The monoisotopic (exact) mass is 227 g/mol. The van der Waals surface area contributed by atoms with Crippen LogP contribution < -0.4 is 5.73 Å². The van der Waals surface area contributed by atoms with Crippen molar-refractivity contribution in [1.29, 1.82) is 0 Å². The molecule has 1 aliphatic heterocycles. The van der Waals surface area contributed by atoms with Gasteiger partial charge in [0, 0.05) is 11.0 Å². The lowest BCUT2D eigenvalue weighted by Crippen LogP contribution is -2.47. The lowest BCUT2D eigenvalue weighted by molar-refractivity contribution is -0.0666. The number of halogens is 2. The predicted molar refractivity (Wildman–Crippen MR) is 57.1 cm³/mol. The first-order valence-electron chi connectivity index (χ1n) is 5.41. The molecule has 1 saturated heterocycles. The van der Waals surface area contributed by atoms with E-state index < -0.39 is 5.82 Å². The average Bonchev–Trinajstić information content (AvgIpc) is 2.21. The van der Waals surface area contributed by atoms with Crippen LogP contribution in [-0.2, 0) is 10.2 Å². The summed E-state index contributed by atoms with van der Waals surface area (Å²) >= 11 is 0. The highest BCUT2D eigenvalue weighted by atomic mass is 19.1. The summed E-state index contributed by atoms with van der Waals surface area (Å²) < 4.78 is 31.9. The summed E-state index contributed by atoms with van der Waals surface area (Å²) in [7, 11) is 0. The molecular weight excluding hydrogens is 212 g/mol. The molecule has 0 spiro atoms. The van der Waals surface area contributed by atoms with E-state index in [4.69, 9.17) is 10.5 Å². The van der Waals surface area contributed by atoms with Crippen molar-refractivity contribution in [2.75, 3.05) is 19.8 Å². The number of hydrogen-bond acceptors (Lipinski definition) is 2. The zero-order valence-electron chi connectivity index (χ0n) is 9.01. The van der Waals surface area contributed by atoms with Crippen molar-refractivity contribution in [2.24, 2.45) is 5.73 Å². The number of nitrogens with two attached hydrogens (primary N) is 1. The van der Waals surface area contributed by atoms with E-state index in [0.717, 1.165) is 18.9 Å². The molecule has 0 aromatic heterocycles. The molecule has 2 rings (SSSR count). The van der Waals surface area contributed by atoms with E-state index in [2.05, 4.69) is 0 Å². The van der Waals surface area contributed by atoms with Gasteiger partial charge in [0.15, 0.2) is 0 Å². The molecule has 4 heteroatoms. The second-order valence-electron chi connectivity index (χ2n) is 4.29. The van der Waals surface area contributed by atoms with Gasteiger partial charge in [0.25, 0.3) is 0 Å². The first kappa shape index (κ1) is 11.5. The largest absolute Gasteiger partial charge is 0.379 e. The van der Waals surface area contributed by atoms with Gasteiger partial charge in [-0.1, -0.05) is 0 Å². The molecule has 0 aliphatic carbocycles. The standard InChI is InChI=1S/C12H15F2NO/c13-9-2-3-11(14)10(6-9)12(4-1-5-15)7-16-8-12/h2-3,6H,1,4-5,7-8,15H2. The quantitative estimate of drug-likeness (QED) is 0.853. The van der Waals surface area contributed by atoms with E-state index in [1.165, 1.54) is 12.1 Å². The van der Waals surface area contributed by atoms with Gasteiger partial charge >= 0.3 is 0 Å². The van der Waals surface area contributed by atoms with E-state index in [-0.39, 0.29) is 11.2 Å². The van der Waals surface area contributed by atoms with Gasteiger partial charge in [-0.2, -0.15) is 0 Å². The maximum absolute atomic E-state index is 13.7. The molecule has 16 heavy (non-hydrogen) atoms. The normalized spacial score (nSPS) is 18.2. The van der Waals surface area contributed by atoms with Crippen LogP contribution in [0.1, 0.15) is 18.4 Å². The minimum absolute atomic E-state index is 0.360. The predicted octanol–water partition coefficient (Wildman–Crippen LogP) is 1.97. The van der Waals surface area contributed by atoms with E-state index in [1.807, 2.05) is 0 Å². The van der Waals surface area contributed by atoms with Gasteiger partial charge in [-0.3, -0.25) is 0 Å². The molecule has 0 atom stereocenters. The van der Waals surface area contributed by atoms with Crippen LogP contribution in [0, 0.1) is 11.6 Å². The maximum Gasteiger partial charge on any atom is 0.127 e. The van der Waals surface area contributed by atoms with Crippen molar-refractivity contribution in [2.45, 2.75) is 18.3 Å². The summed E-state index contributed by atoms with van der Waals surface area (Å²) in [6, 6.07) is 3.58. The molecule has 0 radical (unpaired) electrons.